The van der Waals surface area contributed by atoms with Gasteiger partial charge in [0.2, 0.25) is 0 Å². The Hall–Kier alpha value is -0.120. The van der Waals surface area contributed by atoms with Crippen LogP contribution in [0.25, 0.3) is 0 Å². The van der Waals surface area contributed by atoms with Gasteiger partial charge in [0.1, 0.15) is 0 Å². The number of ether oxygens (including phenoxy) is 2. The molecule has 1 aliphatic rings. The summed E-state index contributed by atoms with van der Waals surface area (Å²) >= 11 is 0. The highest BCUT2D eigenvalue weighted by Crippen LogP contribution is 2.43. The molecule has 16 heavy (non-hydrogen) atoms. The van der Waals surface area contributed by atoms with Gasteiger partial charge in [0.15, 0.2) is 0 Å². The van der Waals surface area contributed by atoms with Gasteiger partial charge in [-0.15, -0.1) is 0 Å². The van der Waals surface area contributed by atoms with Crippen molar-refractivity contribution in [1.29, 1.82) is 0 Å². The lowest BCUT2D eigenvalue weighted by Crippen LogP contribution is -2.61. The molecule has 3 heteroatoms. The van der Waals surface area contributed by atoms with Gasteiger partial charge in [0.05, 0.1) is 18.8 Å². The first kappa shape index (κ1) is 13.9. The highest BCUT2D eigenvalue weighted by molar-refractivity contribution is 5.02. The summed E-state index contributed by atoms with van der Waals surface area (Å²) in [6.07, 6.45) is 1.69. The lowest BCUT2D eigenvalue weighted by Gasteiger charge is -2.52. The summed E-state index contributed by atoms with van der Waals surface area (Å²) in [5.41, 5.74) is 0.247. The second-order valence-electron chi connectivity index (χ2n) is 5.26. The molecule has 1 aliphatic carbocycles. The summed E-state index contributed by atoms with van der Waals surface area (Å²) in [5.74, 6) is 0. The van der Waals surface area contributed by atoms with Crippen molar-refractivity contribution in [2.24, 2.45) is 5.41 Å². The first-order chi connectivity index (χ1) is 7.52. The van der Waals surface area contributed by atoms with E-state index in [1.807, 2.05) is 6.92 Å². The van der Waals surface area contributed by atoms with E-state index in [1.54, 1.807) is 0 Å². The molecular weight excluding hydrogens is 202 g/mol. The van der Waals surface area contributed by atoms with Crippen LogP contribution in [0.5, 0.6) is 0 Å². The summed E-state index contributed by atoms with van der Waals surface area (Å²) in [6, 6.07) is 0.599. The molecule has 1 N–H and O–H groups in total. The van der Waals surface area contributed by atoms with Crippen molar-refractivity contribution >= 4 is 0 Å². The van der Waals surface area contributed by atoms with Crippen molar-refractivity contribution in [1.82, 2.24) is 5.32 Å². The average Bonchev–Trinajstić information content (AvgIpc) is 2.25. The minimum Gasteiger partial charge on any atom is -0.379 e. The Morgan fingerprint density at radius 1 is 1.38 bits per heavy atom. The van der Waals surface area contributed by atoms with Crippen molar-refractivity contribution in [2.75, 3.05) is 19.8 Å². The van der Waals surface area contributed by atoms with E-state index >= 15 is 0 Å². The van der Waals surface area contributed by atoms with Gasteiger partial charge in [-0.05, 0) is 26.8 Å². The van der Waals surface area contributed by atoms with E-state index < -0.39 is 0 Å². The summed E-state index contributed by atoms with van der Waals surface area (Å²) in [5, 5.41) is 3.51. The maximum Gasteiger partial charge on any atom is 0.0784 e. The molecule has 1 fully saturated rings. The zero-order valence-electron chi connectivity index (χ0n) is 11.4. The highest BCUT2D eigenvalue weighted by Gasteiger charge is 2.48. The van der Waals surface area contributed by atoms with E-state index in [-0.39, 0.29) is 11.5 Å². The molecule has 3 atom stereocenters. The van der Waals surface area contributed by atoms with Crippen LogP contribution in [0.3, 0.4) is 0 Å². The number of hydrogen-bond donors (Lipinski definition) is 1. The van der Waals surface area contributed by atoms with E-state index in [9.17, 15) is 0 Å². The Morgan fingerprint density at radius 2 is 2.06 bits per heavy atom. The molecule has 0 bridgehead atoms. The number of rotatable bonds is 7. The van der Waals surface area contributed by atoms with Crippen LogP contribution in [-0.4, -0.2) is 38.0 Å². The van der Waals surface area contributed by atoms with E-state index in [4.69, 9.17) is 9.47 Å². The van der Waals surface area contributed by atoms with Crippen LogP contribution in [0.15, 0.2) is 0 Å². The maximum absolute atomic E-state index is 6.02. The van der Waals surface area contributed by atoms with Gasteiger partial charge in [-0.2, -0.15) is 0 Å². The van der Waals surface area contributed by atoms with Crippen molar-refractivity contribution in [3.63, 3.8) is 0 Å². The summed E-state index contributed by atoms with van der Waals surface area (Å²) in [4.78, 5) is 0. The third-order valence-corrected chi connectivity index (χ3v) is 3.58. The van der Waals surface area contributed by atoms with Crippen LogP contribution in [0.4, 0.5) is 0 Å². The normalized spacial score (nSPS) is 29.8. The first-order valence-electron chi connectivity index (χ1n) is 6.48. The molecule has 1 rings (SSSR count). The molecule has 3 nitrogen and oxygen atoms in total. The largest absolute Gasteiger partial charge is 0.379 e. The summed E-state index contributed by atoms with van der Waals surface area (Å²) < 4.78 is 11.4. The molecule has 96 valence electrons. The fourth-order valence-electron chi connectivity index (χ4n) is 2.31. The minimum absolute atomic E-state index is 0.201. The van der Waals surface area contributed by atoms with Gasteiger partial charge < -0.3 is 14.8 Å². The molecule has 0 heterocycles. The van der Waals surface area contributed by atoms with Crippen molar-refractivity contribution in [2.45, 2.75) is 59.3 Å². The van der Waals surface area contributed by atoms with Gasteiger partial charge in [-0.3, -0.25) is 0 Å². The van der Waals surface area contributed by atoms with Gasteiger partial charge >= 0.3 is 0 Å². The van der Waals surface area contributed by atoms with Gasteiger partial charge in [-0.25, -0.2) is 0 Å². The zero-order chi connectivity index (χ0) is 12.2. The third kappa shape index (κ3) is 3.19. The number of hydrogen-bond acceptors (Lipinski definition) is 3. The Kier molecular flexibility index (Phi) is 5.22. The Morgan fingerprint density at radius 3 is 2.56 bits per heavy atom. The molecule has 0 radical (unpaired) electrons. The highest BCUT2D eigenvalue weighted by atomic mass is 16.5. The summed E-state index contributed by atoms with van der Waals surface area (Å²) in [6.45, 7) is 13.3. The lowest BCUT2D eigenvalue weighted by atomic mass is 9.64. The zero-order valence-corrected chi connectivity index (χ0v) is 11.4. The molecule has 0 aromatic carbocycles. The molecular formula is C13H27NO2. The van der Waals surface area contributed by atoms with Crippen LogP contribution in [0.2, 0.25) is 0 Å². The fraction of sp³-hybridized carbons (Fsp3) is 1.00. The standard InChI is InChI=1S/C13H27NO2/c1-6-14-11-8-12(13(11,4)5)16-10(3)9-15-7-2/h10-12,14H,6-9H2,1-5H3. The van der Waals surface area contributed by atoms with Crippen molar-refractivity contribution in [3.05, 3.63) is 0 Å². The van der Waals surface area contributed by atoms with E-state index in [0.29, 0.717) is 18.8 Å². The van der Waals surface area contributed by atoms with E-state index in [1.165, 1.54) is 0 Å². The Bertz CT molecular complexity index is 206. The maximum atomic E-state index is 6.02. The van der Waals surface area contributed by atoms with Crippen LogP contribution in [0.1, 0.15) is 41.0 Å². The monoisotopic (exact) mass is 229 g/mol. The first-order valence-corrected chi connectivity index (χ1v) is 6.48. The predicted octanol–water partition coefficient (Wildman–Crippen LogP) is 2.20. The molecule has 3 unspecified atom stereocenters. The average molecular weight is 229 g/mol. The van der Waals surface area contributed by atoms with Crippen LogP contribution in [0, 0.1) is 5.41 Å². The van der Waals surface area contributed by atoms with Gasteiger partial charge in [-0.1, -0.05) is 20.8 Å². The molecule has 0 saturated heterocycles. The molecule has 0 spiro atoms. The van der Waals surface area contributed by atoms with Gasteiger partial charge in [0.25, 0.3) is 0 Å². The molecule has 0 amide bonds. The van der Waals surface area contributed by atoms with E-state index in [0.717, 1.165) is 19.6 Å². The van der Waals surface area contributed by atoms with Crippen LogP contribution >= 0.6 is 0 Å². The second kappa shape index (κ2) is 5.99. The number of nitrogens with one attached hydrogen (secondary N) is 1. The van der Waals surface area contributed by atoms with Gasteiger partial charge in [0, 0.05) is 18.1 Å². The summed E-state index contributed by atoms with van der Waals surface area (Å²) in [7, 11) is 0. The van der Waals surface area contributed by atoms with Crippen LogP contribution in [-0.2, 0) is 9.47 Å². The Labute approximate surface area is 99.9 Å². The molecule has 0 aromatic heterocycles. The SMILES string of the molecule is CCNC1CC(OC(C)COCC)C1(C)C. The topological polar surface area (TPSA) is 30.5 Å². The molecule has 0 aromatic rings. The third-order valence-electron chi connectivity index (χ3n) is 3.58. The van der Waals surface area contributed by atoms with E-state index in [2.05, 4.69) is 33.0 Å². The molecule has 0 aliphatic heterocycles. The fourth-order valence-corrected chi connectivity index (χ4v) is 2.31. The van der Waals surface area contributed by atoms with Crippen LogP contribution < -0.4 is 5.32 Å². The van der Waals surface area contributed by atoms with Crippen molar-refractivity contribution in [3.8, 4) is 0 Å². The Balaban J connectivity index is 2.29. The minimum atomic E-state index is 0.201. The quantitative estimate of drug-likeness (QED) is 0.726. The smallest absolute Gasteiger partial charge is 0.0784 e. The second-order valence-corrected chi connectivity index (χ2v) is 5.26. The lowest BCUT2D eigenvalue weighted by molar-refractivity contribution is -0.155. The predicted molar refractivity (Wildman–Crippen MR) is 66.7 cm³/mol. The molecule has 1 saturated carbocycles. The van der Waals surface area contributed by atoms with Crippen molar-refractivity contribution < 1.29 is 9.47 Å².